The lowest BCUT2D eigenvalue weighted by Gasteiger charge is -2.04. The van der Waals surface area contributed by atoms with Crippen LogP contribution < -0.4 is 5.32 Å². The first-order chi connectivity index (χ1) is 12.7. The van der Waals surface area contributed by atoms with Crippen LogP contribution in [0.3, 0.4) is 0 Å². The second kappa shape index (κ2) is 8.89. The Morgan fingerprint density at radius 2 is 1.81 bits per heavy atom. The molecular formula is C20H20FN3O2. The van der Waals surface area contributed by atoms with Gasteiger partial charge in [0.15, 0.2) is 0 Å². The summed E-state index contributed by atoms with van der Waals surface area (Å²) >= 11 is 0. The van der Waals surface area contributed by atoms with E-state index in [0.717, 1.165) is 12.8 Å². The number of aromatic nitrogens is 2. The maximum Gasteiger partial charge on any atom is 0.227 e. The number of halogens is 1. The summed E-state index contributed by atoms with van der Waals surface area (Å²) in [6, 6.07) is 16.4. The molecule has 0 fully saturated rings. The van der Waals surface area contributed by atoms with Gasteiger partial charge in [-0.25, -0.2) is 4.39 Å². The molecule has 0 saturated heterocycles. The predicted molar refractivity (Wildman–Crippen MR) is 95.8 cm³/mol. The first-order valence-electron chi connectivity index (χ1n) is 8.60. The minimum absolute atomic E-state index is 0.0660. The Balaban J connectivity index is 1.40. The number of nitrogens with one attached hydrogen (secondary N) is 1. The summed E-state index contributed by atoms with van der Waals surface area (Å²) in [5.74, 6) is 0.0452. The largest absolute Gasteiger partial charge is 0.356 e. The molecule has 0 spiro atoms. The molecule has 134 valence electrons. The van der Waals surface area contributed by atoms with Crippen molar-refractivity contribution in [2.45, 2.75) is 25.7 Å². The highest BCUT2D eigenvalue weighted by molar-refractivity contribution is 5.76. The molecule has 2 aromatic carbocycles. The molecule has 0 aliphatic heterocycles. The number of hydrogen-bond acceptors (Lipinski definition) is 4. The molecule has 3 rings (SSSR count). The van der Waals surface area contributed by atoms with Gasteiger partial charge < -0.3 is 9.84 Å². The van der Waals surface area contributed by atoms with Gasteiger partial charge in [-0.1, -0.05) is 47.6 Å². The summed E-state index contributed by atoms with van der Waals surface area (Å²) in [6.07, 6.45) is 2.39. The summed E-state index contributed by atoms with van der Waals surface area (Å²) in [7, 11) is 0. The van der Waals surface area contributed by atoms with Crippen LogP contribution in [0, 0.1) is 5.82 Å². The van der Waals surface area contributed by atoms with Crippen molar-refractivity contribution >= 4 is 5.91 Å². The van der Waals surface area contributed by atoms with E-state index in [-0.39, 0.29) is 23.7 Å². The molecule has 5 nitrogen and oxygen atoms in total. The van der Waals surface area contributed by atoms with Crippen molar-refractivity contribution in [3.8, 4) is 11.4 Å². The molecule has 6 heteroatoms. The fourth-order valence-electron chi connectivity index (χ4n) is 2.58. The van der Waals surface area contributed by atoms with Crippen LogP contribution in [0.5, 0.6) is 0 Å². The Kier molecular flexibility index (Phi) is 6.09. The van der Waals surface area contributed by atoms with Crippen LogP contribution in [0.1, 0.15) is 24.3 Å². The summed E-state index contributed by atoms with van der Waals surface area (Å²) < 4.78 is 18.8. The number of amides is 1. The van der Waals surface area contributed by atoms with Crippen LogP contribution in [-0.2, 0) is 17.6 Å². The van der Waals surface area contributed by atoms with Crippen molar-refractivity contribution in [1.82, 2.24) is 15.5 Å². The van der Waals surface area contributed by atoms with Gasteiger partial charge in [0.2, 0.25) is 17.6 Å². The third-order valence-electron chi connectivity index (χ3n) is 3.96. The zero-order valence-corrected chi connectivity index (χ0v) is 14.3. The highest BCUT2D eigenvalue weighted by atomic mass is 19.1. The molecule has 1 aromatic heterocycles. The van der Waals surface area contributed by atoms with Gasteiger partial charge in [-0.15, -0.1) is 0 Å². The third kappa shape index (κ3) is 4.99. The van der Waals surface area contributed by atoms with Crippen molar-refractivity contribution in [2.24, 2.45) is 0 Å². The van der Waals surface area contributed by atoms with E-state index in [1.54, 1.807) is 18.2 Å². The van der Waals surface area contributed by atoms with Gasteiger partial charge in [0.05, 0.1) is 5.56 Å². The maximum absolute atomic E-state index is 13.7. The first-order valence-corrected chi connectivity index (χ1v) is 8.60. The molecule has 0 aliphatic rings. The molecule has 0 unspecified atom stereocenters. The summed E-state index contributed by atoms with van der Waals surface area (Å²) in [5, 5.41) is 6.66. The number of carbonyl (C=O) groups excluding carboxylic acids is 1. The standard InChI is InChI=1S/C20H20FN3O2/c21-17-11-5-4-10-16(17)20-23-19(26-24-20)13-12-18(25)22-14-6-9-15-7-2-1-3-8-15/h1-5,7-8,10-11H,6,9,12-14H2,(H,22,25). The smallest absolute Gasteiger partial charge is 0.227 e. The van der Waals surface area contributed by atoms with Gasteiger partial charge in [0.1, 0.15) is 5.82 Å². The minimum atomic E-state index is -0.406. The van der Waals surface area contributed by atoms with Gasteiger partial charge in [0.25, 0.3) is 0 Å². The summed E-state index contributed by atoms with van der Waals surface area (Å²) in [5.41, 5.74) is 1.54. The number of hydrogen-bond donors (Lipinski definition) is 1. The fraction of sp³-hybridized carbons (Fsp3) is 0.250. The van der Waals surface area contributed by atoms with Crippen molar-refractivity contribution in [3.63, 3.8) is 0 Å². The Labute approximate surface area is 151 Å². The Morgan fingerprint density at radius 3 is 2.62 bits per heavy atom. The zero-order valence-electron chi connectivity index (χ0n) is 14.3. The molecule has 3 aromatic rings. The number of benzene rings is 2. The molecule has 1 N–H and O–H groups in total. The van der Waals surface area contributed by atoms with Gasteiger partial charge in [-0.2, -0.15) is 4.98 Å². The molecule has 26 heavy (non-hydrogen) atoms. The van der Waals surface area contributed by atoms with Crippen molar-refractivity contribution in [1.29, 1.82) is 0 Å². The van der Waals surface area contributed by atoms with E-state index in [4.69, 9.17) is 4.52 Å². The molecule has 0 radical (unpaired) electrons. The van der Waals surface area contributed by atoms with Crippen LogP contribution in [0.15, 0.2) is 59.1 Å². The van der Waals surface area contributed by atoms with Gasteiger partial charge in [0, 0.05) is 19.4 Å². The highest BCUT2D eigenvalue weighted by Crippen LogP contribution is 2.19. The van der Waals surface area contributed by atoms with E-state index in [1.165, 1.54) is 11.6 Å². The second-order valence-corrected chi connectivity index (χ2v) is 5.93. The normalized spacial score (nSPS) is 10.7. The molecular weight excluding hydrogens is 333 g/mol. The number of aryl methyl sites for hydroxylation is 2. The van der Waals surface area contributed by atoms with Gasteiger partial charge in [-0.3, -0.25) is 4.79 Å². The Hall–Kier alpha value is -3.02. The molecule has 1 heterocycles. The van der Waals surface area contributed by atoms with Crippen LogP contribution in [0.25, 0.3) is 11.4 Å². The highest BCUT2D eigenvalue weighted by Gasteiger charge is 2.13. The number of nitrogens with zero attached hydrogens (tertiary/aromatic N) is 2. The van der Waals surface area contributed by atoms with E-state index in [2.05, 4.69) is 27.6 Å². The van der Waals surface area contributed by atoms with Gasteiger partial charge >= 0.3 is 0 Å². The molecule has 0 aliphatic carbocycles. The number of carbonyl (C=O) groups is 1. The fourth-order valence-corrected chi connectivity index (χ4v) is 2.58. The van der Waals surface area contributed by atoms with E-state index >= 15 is 0 Å². The van der Waals surface area contributed by atoms with E-state index in [9.17, 15) is 9.18 Å². The third-order valence-corrected chi connectivity index (χ3v) is 3.96. The topological polar surface area (TPSA) is 68.0 Å². The SMILES string of the molecule is O=C(CCc1nc(-c2ccccc2F)no1)NCCCc1ccccc1. The second-order valence-electron chi connectivity index (χ2n) is 5.93. The minimum Gasteiger partial charge on any atom is -0.356 e. The van der Waals surface area contributed by atoms with Gasteiger partial charge in [-0.05, 0) is 30.5 Å². The van der Waals surface area contributed by atoms with E-state index in [0.29, 0.717) is 18.9 Å². The van der Waals surface area contributed by atoms with E-state index in [1.807, 2.05) is 18.2 Å². The quantitative estimate of drug-likeness (QED) is 0.629. The zero-order chi connectivity index (χ0) is 18.2. The summed E-state index contributed by atoms with van der Waals surface area (Å²) in [4.78, 5) is 16.0. The Bertz CT molecular complexity index is 849. The van der Waals surface area contributed by atoms with Crippen LogP contribution in [0.4, 0.5) is 4.39 Å². The van der Waals surface area contributed by atoms with Crippen LogP contribution in [0.2, 0.25) is 0 Å². The Morgan fingerprint density at radius 1 is 1.04 bits per heavy atom. The lowest BCUT2D eigenvalue weighted by atomic mass is 10.1. The van der Waals surface area contributed by atoms with Crippen LogP contribution >= 0.6 is 0 Å². The summed E-state index contributed by atoms with van der Waals surface area (Å²) in [6.45, 7) is 0.623. The van der Waals surface area contributed by atoms with Crippen LogP contribution in [-0.4, -0.2) is 22.6 Å². The first kappa shape index (κ1) is 17.8. The lowest BCUT2D eigenvalue weighted by molar-refractivity contribution is -0.121. The van der Waals surface area contributed by atoms with Crippen molar-refractivity contribution < 1.29 is 13.7 Å². The predicted octanol–water partition coefficient (Wildman–Crippen LogP) is 3.56. The molecule has 1 amide bonds. The monoisotopic (exact) mass is 353 g/mol. The van der Waals surface area contributed by atoms with Crippen molar-refractivity contribution in [2.75, 3.05) is 6.54 Å². The van der Waals surface area contributed by atoms with E-state index < -0.39 is 5.82 Å². The molecule has 0 atom stereocenters. The lowest BCUT2D eigenvalue weighted by Crippen LogP contribution is -2.25. The number of rotatable bonds is 8. The average molecular weight is 353 g/mol. The molecule has 0 bridgehead atoms. The molecule has 0 saturated carbocycles. The van der Waals surface area contributed by atoms with Crippen molar-refractivity contribution in [3.05, 3.63) is 71.9 Å². The maximum atomic E-state index is 13.7. The average Bonchev–Trinajstić information content (AvgIpc) is 3.13.